The van der Waals surface area contributed by atoms with Crippen LogP contribution in [0.2, 0.25) is 0 Å². The summed E-state index contributed by atoms with van der Waals surface area (Å²) >= 11 is 0. The molecular weight excluding hydrogens is 448 g/mol. The molecule has 0 saturated carbocycles. The Hall–Kier alpha value is -3.00. The SMILES string of the molecule is c1cc(-c2nc(N3CCOCC3)c3cc(CN4CC5(CCCNCC5)C4)ccc3n2)c2cc[nH]c2c1. The van der Waals surface area contributed by atoms with Gasteiger partial charge in [-0.1, -0.05) is 18.2 Å². The number of nitrogens with zero attached hydrogens (tertiary/aromatic N) is 4. The van der Waals surface area contributed by atoms with Gasteiger partial charge in [-0.15, -0.1) is 0 Å². The van der Waals surface area contributed by atoms with Gasteiger partial charge >= 0.3 is 0 Å². The summed E-state index contributed by atoms with van der Waals surface area (Å²) in [5, 5.41) is 5.87. The molecule has 7 nitrogen and oxygen atoms in total. The third kappa shape index (κ3) is 4.05. The highest BCUT2D eigenvalue weighted by Crippen LogP contribution is 2.40. The molecule has 0 radical (unpaired) electrons. The smallest absolute Gasteiger partial charge is 0.162 e. The topological polar surface area (TPSA) is 69.3 Å². The zero-order valence-corrected chi connectivity index (χ0v) is 20.8. The molecule has 5 heterocycles. The number of rotatable bonds is 4. The third-order valence-electron chi connectivity index (χ3n) is 8.30. The number of ether oxygens (including phenoxy) is 1. The Labute approximate surface area is 211 Å². The lowest BCUT2D eigenvalue weighted by Crippen LogP contribution is -2.55. The van der Waals surface area contributed by atoms with E-state index in [1.807, 2.05) is 6.20 Å². The predicted octanol–water partition coefficient (Wildman–Crippen LogP) is 4.19. The van der Waals surface area contributed by atoms with Crippen molar-refractivity contribution in [1.29, 1.82) is 0 Å². The quantitative estimate of drug-likeness (QED) is 0.455. The van der Waals surface area contributed by atoms with Crippen molar-refractivity contribution in [3.8, 4) is 11.4 Å². The molecule has 3 fully saturated rings. The highest BCUT2D eigenvalue weighted by molar-refractivity contribution is 5.97. The van der Waals surface area contributed by atoms with E-state index in [9.17, 15) is 0 Å². The Bertz CT molecular complexity index is 1380. The van der Waals surface area contributed by atoms with Crippen molar-refractivity contribution in [3.63, 3.8) is 0 Å². The first-order valence-electron chi connectivity index (χ1n) is 13.4. The summed E-state index contributed by atoms with van der Waals surface area (Å²) < 4.78 is 5.66. The Kier molecular flexibility index (Phi) is 5.64. The second-order valence-electron chi connectivity index (χ2n) is 10.8. The van der Waals surface area contributed by atoms with E-state index in [1.54, 1.807) is 0 Å². The molecule has 3 aliphatic heterocycles. The fourth-order valence-corrected chi connectivity index (χ4v) is 6.46. The molecule has 2 N–H and O–H groups in total. The fourth-order valence-electron chi connectivity index (χ4n) is 6.46. The number of aromatic nitrogens is 3. The summed E-state index contributed by atoms with van der Waals surface area (Å²) in [7, 11) is 0. The average molecular weight is 483 g/mol. The zero-order chi connectivity index (χ0) is 24.0. The summed E-state index contributed by atoms with van der Waals surface area (Å²) in [5.74, 6) is 1.82. The van der Waals surface area contributed by atoms with Crippen LogP contribution in [0.25, 0.3) is 33.2 Å². The number of anilines is 1. The van der Waals surface area contributed by atoms with Crippen molar-refractivity contribution in [3.05, 3.63) is 54.2 Å². The molecule has 0 unspecified atom stereocenters. The number of nitrogens with one attached hydrogen (secondary N) is 2. The highest BCUT2D eigenvalue weighted by atomic mass is 16.5. The van der Waals surface area contributed by atoms with Crippen LogP contribution in [-0.2, 0) is 11.3 Å². The molecule has 7 heteroatoms. The van der Waals surface area contributed by atoms with E-state index in [4.69, 9.17) is 14.7 Å². The Balaban J connectivity index is 1.23. The minimum Gasteiger partial charge on any atom is -0.378 e. The first kappa shape index (κ1) is 22.2. The van der Waals surface area contributed by atoms with Crippen molar-refractivity contribution < 1.29 is 4.74 Å². The van der Waals surface area contributed by atoms with Gasteiger partial charge in [-0.3, -0.25) is 4.90 Å². The maximum atomic E-state index is 5.66. The lowest BCUT2D eigenvalue weighted by Gasteiger charge is -2.50. The van der Waals surface area contributed by atoms with Gasteiger partial charge in [0.05, 0.1) is 18.7 Å². The second-order valence-corrected chi connectivity index (χ2v) is 10.8. The standard InChI is InChI=1S/C29H34N6O/c1-3-23(22-7-11-31-25(22)4-1)27-32-26-6-5-21(17-24(26)28(33-27)35-13-15-36-16-14-35)18-34-19-29(20-34)8-2-10-30-12-9-29/h1,3-7,11,17,30-31H,2,8-10,12-16,18-20H2. The summed E-state index contributed by atoms with van der Waals surface area (Å²) in [6.45, 7) is 8.97. The third-order valence-corrected chi connectivity index (χ3v) is 8.30. The van der Waals surface area contributed by atoms with Crippen molar-refractivity contribution in [2.75, 3.05) is 57.4 Å². The molecule has 0 amide bonds. The summed E-state index contributed by atoms with van der Waals surface area (Å²) in [5.41, 5.74) is 5.07. The molecule has 0 aliphatic carbocycles. The van der Waals surface area contributed by atoms with Crippen molar-refractivity contribution in [2.45, 2.75) is 25.8 Å². The largest absolute Gasteiger partial charge is 0.378 e. The van der Waals surface area contributed by atoms with Crippen molar-refractivity contribution in [1.82, 2.24) is 25.2 Å². The van der Waals surface area contributed by atoms with Crippen LogP contribution in [0.5, 0.6) is 0 Å². The van der Waals surface area contributed by atoms with E-state index < -0.39 is 0 Å². The van der Waals surface area contributed by atoms with Gasteiger partial charge in [0.2, 0.25) is 0 Å². The number of likely N-dealkylation sites (tertiary alicyclic amines) is 1. The van der Waals surface area contributed by atoms with Crippen molar-refractivity contribution >= 4 is 27.6 Å². The van der Waals surface area contributed by atoms with Gasteiger partial charge in [0.1, 0.15) is 5.82 Å². The van der Waals surface area contributed by atoms with Gasteiger partial charge in [-0.25, -0.2) is 9.97 Å². The van der Waals surface area contributed by atoms with Crippen LogP contribution in [0.1, 0.15) is 24.8 Å². The van der Waals surface area contributed by atoms with E-state index in [1.165, 1.54) is 51.0 Å². The number of H-pyrrole nitrogens is 1. The van der Waals surface area contributed by atoms with Crippen LogP contribution in [0, 0.1) is 5.41 Å². The van der Waals surface area contributed by atoms with Gasteiger partial charge < -0.3 is 19.9 Å². The van der Waals surface area contributed by atoms with E-state index in [0.717, 1.165) is 71.9 Å². The predicted molar refractivity (Wildman–Crippen MR) is 144 cm³/mol. The summed E-state index contributed by atoms with van der Waals surface area (Å²) in [4.78, 5) is 18.5. The Morgan fingerprint density at radius 2 is 1.86 bits per heavy atom. The minimum absolute atomic E-state index is 0.538. The maximum Gasteiger partial charge on any atom is 0.162 e. The minimum atomic E-state index is 0.538. The molecule has 36 heavy (non-hydrogen) atoms. The molecule has 3 saturated heterocycles. The molecule has 1 spiro atoms. The first-order valence-corrected chi connectivity index (χ1v) is 13.4. The van der Waals surface area contributed by atoms with Gasteiger partial charge in [-0.2, -0.15) is 0 Å². The monoisotopic (exact) mass is 482 g/mol. The molecule has 0 bridgehead atoms. The molecule has 7 rings (SSSR count). The summed E-state index contributed by atoms with van der Waals surface area (Å²) in [6, 6.07) is 15.2. The molecule has 2 aromatic heterocycles. The molecule has 186 valence electrons. The summed E-state index contributed by atoms with van der Waals surface area (Å²) in [6.07, 6.45) is 5.96. The number of hydrogen-bond acceptors (Lipinski definition) is 6. The lowest BCUT2D eigenvalue weighted by atomic mass is 9.73. The van der Waals surface area contributed by atoms with Crippen LogP contribution in [0.3, 0.4) is 0 Å². The number of fused-ring (bicyclic) bond motifs is 2. The number of morpholine rings is 1. The van der Waals surface area contributed by atoms with E-state index in [2.05, 4.69) is 62.6 Å². The second kappa shape index (κ2) is 9.14. The van der Waals surface area contributed by atoms with Crippen LogP contribution in [0.4, 0.5) is 5.82 Å². The normalized spacial score (nSPS) is 20.6. The van der Waals surface area contributed by atoms with Crippen molar-refractivity contribution in [2.24, 2.45) is 5.41 Å². The van der Waals surface area contributed by atoms with Crippen LogP contribution < -0.4 is 10.2 Å². The number of hydrogen-bond donors (Lipinski definition) is 2. The van der Waals surface area contributed by atoms with E-state index >= 15 is 0 Å². The molecule has 4 aromatic rings. The van der Waals surface area contributed by atoms with Gasteiger partial charge in [0, 0.05) is 60.8 Å². The van der Waals surface area contributed by atoms with Crippen LogP contribution >= 0.6 is 0 Å². The Morgan fingerprint density at radius 3 is 2.78 bits per heavy atom. The first-order chi connectivity index (χ1) is 17.8. The van der Waals surface area contributed by atoms with E-state index in [0.29, 0.717) is 5.41 Å². The number of benzene rings is 2. The highest BCUT2D eigenvalue weighted by Gasteiger charge is 2.42. The fraction of sp³-hybridized carbons (Fsp3) is 0.448. The molecule has 2 aromatic carbocycles. The molecule has 0 atom stereocenters. The van der Waals surface area contributed by atoms with Gasteiger partial charge in [0.15, 0.2) is 5.82 Å². The Morgan fingerprint density at radius 1 is 0.944 bits per heavy atom. The zero-order valence-electron chi connectivity index (χ0n) is 20.8. The van der Waals surface area contributed by atoms with E-state index in [-0.39, 0.29) is 0 Å². The van der Waals surface area contributed by atoms with Crippen LogP contribution in [-0.4, -0.2) is 72.3 Å². The molecule has 3 aliphatic rings. The maximum absolute atomic E-state index is 5.66. The average Bonchev–Trinajstić information content (AvgIpc) is 3.25. The van der Waals surface area contributed by atoms with Gasteiger partial charge in [-0.05, 0) is 67.6 Å². The number of aromatic amines is 1. The van der Waals surface area contributed by atoms with Crippen LogP contribution in [0.15, 0.2) is 48.7 Å². The van der Waals surface area contributed by atoms with Gasteiger partial charge in [0.25, 0.3) is 0 Å². The molecular formula is C29H34N6O. The lowest BCUT2D eigenvalue weighted by molar-refractivity contribution is -0.0151.